The van der Waals surface area contributed by atoms with Gasteiger partial charge in [-0.3, -0.25) is 4.79 Å². The van der Waals surface area contributed by atoms with E-state index in [4.69, 9.17) is 11.6 Å². The highest BCUT2D eigenvalue weighted by molar-refractivity contribution is 6.16. The Kier molecular flexibility index (Phi) is 4.04. The lowest BCUT2D eigenvalue weighted by atomic mass is 9.92. The van der Waals surface area contributed by atoms with Gasteiger partial charge >= 0.3 is 0 Å². The Balaban J connectivity index is 2.53. The van der Waals surface area contributed by atoms with E-state index in [0.717, 1.165) is 22.4 Å². The summed E-state index contributed by atoms with van der Waals surface area (Å²) >= 11 is 6.01. The summed E-state index contributed by atoms with van der Waals surface area (Å²) in [6.07, 6.45) is 0. The SMILES string of the molecule is CNC(=O)C(C)(C)Cn1c(CCl)nc2c(C)cccc21. The van der Waals surface area contributed by atoms with Gasteiger partial charge in [0.25, 0.3) is 0 Å². The normalized spacial score (nSPS) is 11.8. The molecule has 0 bridgehead atoms. The lowest BCUT2D eigenvalue weighted by molar-refractivity contribution is -0.129. The summed E-state index contributed by atoms with van der Waals surface area (Å²) in [7, 11) is 1.66. The zero-order valence-corrected chi connectivity index (χ0v) is 13.1. The van der Waals surface area contributed by atoms with Gasteiger partial charge in [-0.25, -0.2) is 4.98 Å². The number of imidazole rings is 1. The molecule has 1 aromatic carbocycles. The van der Waals surface area contributed by atoms with E-state index in [1.54, 1.807) is 7.05 Å². The number of carbonyl (C=O) groups excluding carboxylic acids is 1. The Hall–Kier alpha value is -1.55. The van der Waals surface area contributed by atoms with Crippen LogP contribution in [0.2, 0.25) is 0 Å². The van der Waals surface area contributed by atoms with Crippen molar-refractivity contribution in [1.82, 2.24) is 14.9 Å². The fourth-order valence-corrected chi connectivity index (χ4v) is 2.62. The molecule has 0 saturated heterocycles. The highest BCUT2D eigenvalue weighted by atomic mass is 35.5. The largest absolute Gasteiger partial charge is 0.359 e. The van der Waals surface area contributed by atoms with Gasteiger partial charge < -0.3 is 9.88 Å². The number of nitrogens with one attached hydrogen (secondary N) is 1. The number of fused-ring (bicyclic) bond motifs is 1. The molecule has 0 atom stereocenters. The Morgan fingerprint density at radius 3 is 2.75 bits per heavy atom. The van der Waals surface area contributed by atoms with Gasteiger partial charge in [-0.1, -0.05) is 12.1 Å². The van der Waals surface area contributed by atoms with Gasteiger partial charge in [-0.2, -0.15) is 0 Å². The second-order valence-corrected chi connectivity index (χ2v) is 5.92. The number of aryl methyl sites for hydroxylation is 1. The Labute approximate surface area is 124 Å². The van der Waals surface area contributed by atoms with E-state index in [9.17, 15) is 4.79 Å². The van der Waals surface area contributed by atoms with Crippen LogP contribution in [0.25, 0.3) is 11.0 Å². The van der Waals surface area contributed by atoms with Gasteiger partial charge in [0.1, 0.15) is 5.82 Å². The number of nitrogens with zero attached hydrogens (tertiary/aromatic N) is 2. The minimum atomic E-state index is -0.521. The van der Waals surface area contributed by atoms with Gasteiger partial charge in [-0.15, -0.1) is 11.6 Å². The average Bonchev–Trinajstić information content (AvgIpc) is 2.77. The van der Waals surface area contributed by atoms with Crippen molar-refractivity contribution in [3.63, 3.8) is 0 Å². The molecule has 1 amide bonds. The van der Waals surface area contributed by atoms with Crippen molar-refractivity contribution in [2.75, 3.05) is 7.05 Å². The van der Waals surface area contributed by atoms with E-state index >= 15 is 0 Å². The molecule has 0 saturated carbocycles. The fraction of sp³-hybridized carbons (Fsp3) is 0.467. The summed E-state index contributed by atoms with van der Waals surface area (Å²) in [5, 5.41) is 2.71. The molecule has 0 aliphatic carbocycles. The minimum absolute atomic E-state index is 0.00697. The molecule has 1 heterocycles. The first kappa shape index (κ1) is 14.9. The van der Waals surface area contributed by atoms with Crippen molar-refractivity contribution in [3.8, 4) is 0 Å². The highest BCUT2D eigenvalue weighted by Gasteiger charge is 2.29. The molecule has 108 valence electrons. The van der Waals surface area contributed by atoms with E-state index < -0.39 is 5.41 Å². The van der Waals surface area contributed by atoms with Crippen LogP contribution in [0, 0.1) is 12.3 Å². The molecule has 0 unspecified atom stereocenters. The van der Waals surface area contributed by atoms with Crippen LogP contribution in [-0.2, 0) is 17.2 Å². The number of amides is 1. The first-order chi connectivity index (χ1) is 9.40. The van der Waals surface area contributed by atoms with Crippen molar-refractivity contribution in [3.05, 3.63) is 29.6 Å². The number of carbonyl (C=O) groups is 1. The number of aromatic nitrogens is 2. The maximum Gasteiger partial charge on any atom is 0.227 e. The molecule has 5 heteroatoms. The predicted molar refractivity (Wildman–Crippen MR) is 81.9 cm³/mol. The third-order valence-corrected chi connectivity index (χ3v) is 3.81. The Morgan fingerprint density at radius 2 is 2.15 bits per heavy atom. The highest BCUT2D eigenvalue weighted by Crippen LogP contribution is 2.26. The molecule has 20 heavy (non-hydrogen) atoms. The predicted octanol–water partition coefficient (Wildman–Crippen LogP) is 2.86. The van der Waals surface area contributed by atoms with Crippen LogP contribution in [-0.4, -0.2) is 22.5 Å². The maximum atomic E-state index is 12.0. The molecule has 0 aliphatic heterocycles. The fourth-order valence-electron chi connectivity index (χ4n) is 2.42. The molecule has 2 rings (SSSR count). The van der Waals surface area contributed by atoms with E-state index in [0.29, 0.717) is 12.4 Å². The van der Waals surface area contributed by atoms with Crippen molar-refractivity contribution in [2.24, 2.45) is 5.41 Å². The molecule has 0 radical (unpaired) electrons. The average molecular weight is 294 g/mol. The first-order valence-electron chi connectivity index (χ1n) is 6.63. The van der Waals surface area contributed by atoms with Crippen molar-refractivity contribution < 1.29 is 4.79 Å². The monoisotopic (exact) mass is 293 g/mol. The second-order valence-electron chi connectivity index (χ2n) is 5.65. The number of benzene rings is 1. The van der Waals surface area contributed by atoms with Crippen LogP contribution in [0.15, 0.2) is 18.2 Å². The molecule has 0 spiro atoms. The molecular formula is C15H20ClN3O. The summed E-state index contributed by atoms with van der Waals surface area (Å²) in [6, 6.07) is 6.05. The third kappa shape index (κ3) is 2.52. The van der Waals surface area contributed by atoms with Gasteiger partial charge in [-0.05, 0) is 32.4 Å². The van der Waals surface area contributed by atoms with Crippen molar-refractivity contribution >= 4 is 28.5 Å². The molecule has 1 N–H and O–H groups in total. The van der Waals surface area contributed by atoms with E-state index in [1.807, 2.05) is 43.5 Å². The van der Waals surface area contributed by atoms with Gasteiger partial charge in [0, 0.05) is 13.6 Å². The summed E-state index contributed by atoms with van der Waals surface area (Å²) in [4.78, 5) is 16.6. The van der Waals surface area contributed by atoms with Gasteiger partial charge in [0.05, 0.1) is 22.3 Å². The van der Waals surface area contributed by atoms with Gasteiger partial charge in [0.15, 0.2) is 0 Å². The van der Waals surface area contributed by atoms with Crippen LogP contribution in [0.5, 0.6) is 0 Å². The minimum Gasteiger partial charge on any atom is -0.359 e. The molecule has 0 fully saturated rings. The van der Waals surface area contributed by atoms with Crippen LogP contribution < -0.4 is 5.32 Å². The standard InChI is InChI=1S/C15H20ClN3O/c1-10-6-5-7-11-13(10)18-12(8-16)19(11)9-15(2,3)14(20)17-4/h5-7H,8-9H2,1-4H3,(H,17,20). The summed E-state index contributed by atoms with van der Waals surface area (Å²) in [6.45, 7) is 6.42. The molecule has 2 aromatic rings. The third-order valence-electron chi connectivity index (χ3n) is 3.57. The lowest BCUT2D eigenvalue weighted by Crippen LogP contribution is -2.38. The number of alkyl halides is 1. The Bertz CT molecular complexity index is 646. The second kappa shape index (κ2) is 5.44. The summed E-state index contributed by atoms with van der Waals surface area (Å²) in [5.41, 5.74) is 2.58. The van der Waals surface area contributed by atoms with E-state index in [-0.39, 0.29) is 5.91 Å². The zero-order valence-electron chi connectivity index (χ0n) is 12.3. The van der Waals surface area contributed by atoms with Gasteiger partial charge in [0.2, 0.25) is 5.91 Å². The number of rotatable bonds is 4. The van der Waals surface area contributed by atoms with Crippen molar-refractivity contribution in [2.45, 2.75) is 33.2 Å². The number of para-hydroxylation sites is 1. The number of hydrogen-bond donors (Lipinski definition) is 1. The number of halogens is 1. The van der Waals surface area contributed by atoms with Crippen molar-refractivity contribution in [1.29, 1.82) is 0 Å². The van der Waals surface area contributed by atoms with Crippen LogP contribution in [0.3, 0.4) is 0 Å². The maximum absolute atomic E-state index is 12.0. The van der Waals surface area contributed by atoms with E-state index in [1.165, 1.54) is 0 Å². The number of hydrogen-bond acceptors (Lipinski definition) is 2. The molecular weight excluding hydrogens is 274 g/mol. The smallest absolute Gasteiger partial charge is 0.227 e. The topological polar surface area (TPSA) is 46.9 Å². The summed E-state index contributed by atoms with van der Waals surface area (Å²) < 4.78 is 2.05. The van der Waals surface area contributed by atoms with Crippen LogP contribution >= 0.6 is 11.6 Å². The first-order valence-corrected chi connectivity index (χ1v) is 7.17. The Morgan fingerprint density at radius 1 is 1.45 bits per heavy atom. The van der Waals surface area contributed by atoms with E-state index in [2.05, 4.69) is 10.3 Å². The molecule has 1 aromatic heterocycles. The molecule has 4 nitrogen and oxygen atoms in total. The molecule has 0 aliphatic rings. The lowest BCUT2D eigenvalue weighted by Gasteiger charge is -2.24. The van der Waals surface area contributed by atoms with Crippen LogP contribution in [0.1, 0.15) is 25.2 Å². The zero-order chi connectivity index (χ0) is 14.9. The summed E-state index contributed by atoms with van der Waals surface area (Å²) in [5.74, 6) is 1.14. The van der Waals surface area contributed by atoms with Crippen LogP contribution in [0.4, 0.5) is 0 Å². The quantitative estimate of drug-likeness (QED) is 0.881.